The van der Waals surface area contributed by atoms with Crippen molar-refractivity contribution in [2.24, 2.45) is 0 Å². The van der Waals surface area contributed by atoms with Gasteiger partial charge in [0.15, 0.2) is 11.5 Å². The number of carbonyl (C=O) groups is 1. The molecule has 0 fully saturated rings. The molecule has 168 valence electrons. The molecule has 3 N–H and O–H groups in total. The van der Waals surface area contributed by atoms with E-state index >= 15 is 0 Å². The molecule has 3 heterocycles. The summed E-state index contributed by atoms with van der Waals surface area (Å²) in [5, 5.41) is 3.03. The van der Waals surface area contributed by atoms with Crippen molar-refractivity contribution in [3.05, 3.63) is 102 Å². The van der Waals surface area contributed by atoms with Crippen LogP contribution in [0.25, 0.3) is 28.2 Å². The number of anilines is 1. The van der Waals surface area contributed by atoms with Crippen LogP contribution in [0, 0.1) is 0 Å². The first-order chi connectivity index (χ1) is 16.6. The van der Waals surface area contributed by atoms with E-state index in [1.165, 1.54) is 0 Å². The van der Waals surface area contributed by atoms with Gasteiger partial charge in [-0.05, 0) is 54.4 Å². The summed E-state index contributed by atoms with van der Waals surface area (Å²) >= 11 is 0. The van der Waals surface area contributed by atoms with Gasteiger partial charge in [-0.15, -0.1) is 0 Å². The van der Waals surface area contributed by atoms with Crippen LogP contribution in [-0.4, -0.2) is 25.4 Å². The molecule has 0 spiro atoms. The first-order valence-electron chi connectivity index (χ1n) is 11.1. The molecule has 0 saturated carbocycles. The number of nitrogens with one attached hydrogen (secondary N) is 1. The third kappa shape index (κ3) is 4.11. The summed E-state index contributed by atoms with van der Waals surface area (Å²) in [5.41, 5.74) is 11.3. The number of amides is 1. The number of hydrogen-bond donors (Lipinski definition) is 2. The molecular weight excluding hydrogens is 424 g/mol. The van der Waals surface area contributed by atoms with Crippen LogP contribution in [0.5, 0.6) is 0 Å². The Morgan fingerprint density at radius 3 is 2.44 bits per heavy atom. The predicted octanol–water partition coefficient (Wildman–Crippen LogP) is 4.48. The van der Waals surface area contributed by atoms with Gasteiger partial charge >= 0.3 is 0 Å². The summed E-state index contributed by atoms with van der Waals surface area (Å²) in [6.45, 7) is 2.36. The Morgan fingerprint density at radius 2 is 1.68 bits per heavy atom. The second kappa shape index (κ2) is 9.15. The Morgan fingerprint density at radius 1 is 0.941 bits per heavy atom. The van der Waals surface area contributed by atoms with Crippen LogP contribution in [-0.2, 0) is 11.3 Å². The van der Waals surface area contributed by atoms with Gasteiger partial charge in [0.05, 0.1) is 11.5 Å². The number of nitrogens with zero attached hydrogens (tertiary/aromatic N) is 4. The molecule has 2 aromatic carbocycles. The summed E-state index contributed by atoms with van der Waals surface area (Å²) in [6, 6.07) is 25.3. The summed E-state index contributed by atoms with van der Waals surface area (Å²) in [6.07, 6.45) is 3.40. The molecule has 0 aliphatic rings. The standard InChI is InChI=1S/C27H24N6O/c1-18(20-7-3-2-4-8-20)27(34)31-17-19-11-13-21(14-12-19)33-25(22-9-5-15-29-24(22)28)32-23-10-6-16-30-26(23)33/h2-16,18H,17H2,1H3,(H2,28,29)(H,31,34). The topological polar surface area (TPSA) is 98.7 Å². The summed E-state index contributed by atoms with van der Waals surface area (Å²) < 4.78 is 1.97. The van der Waals surface area contributed by atoms with Crippen molar-refractivity contribution in [1.82, 2.24) is 24.8 Å². The maximum atomic E-state index is 12.6. The minimum Gasteiger partial charge on any atom is -0.383 e. The van der Waals surface area contributed by atoms with Crippen LogP contribution in [0.2, 0.25) is 0 Å². The molecule has 0 saturated heterocycles. The minimum atomic E-state index is -0.212. The number of aromatic nitrogens is 4. The van der Waals surface area contributed by atoms with Crippen LogP contribution >= 0.6 is 0 Å². The zero-order valence-corrected chi connectivity index (χ0v) is 18.7. The van der Waals surface area contributed by atoms with Crippen LogP contribution < -0.4 is 11.1 Å². The number of nitrogens with two attached hydrogens (primary N) is 1. The molecule has 0 aliphatic carbocycles. The van der Waals surface area contributed by atoms with Gasteiger partial charge in [-0.2, -0.15) is 0 Å². The third-order valence-corrected chi connectivity index (χ3v) is 5.85. The molecule has 7 heteroatoms. The largest absolute Gasteiger partial charge is 0.383 e. The van der Waals surface area contributed by atoms with E-state index < -0.39 is 0 Å². The Bertz CT molecular complexity index is 1440. The molecule has 0 aliphatic heterocycles. The van der Waals surface area contributed by atoms with Crippen LogP contribution in [0.3, 0.4) is 0 Å². The number of benzene rings is 2. The Labute approximate surface area is 197 Å². The highest BCUT2D eigenvalue weighted by molar-refractivity contribution is 5.83. The Kier molecular flexibility index (Phi) is 5.74. The molecule has 34 heavy (non-hydrogen) atoms. The van der Waals surface area contributed by atoms with E-state index in [-0.39, 0.29) is 11.8 Å². The van der Waals surface area contributed by atoms with Gasteiger partial charge in [-0.25, -0.2) is 15.0 Å². The van der Waals surface area contributed by atoms with Gasteiger partial charge < -0.3 is 11.1 Å². The van der Waals surface area contributed by atoms with Gasteiger partial charge in [-0.3, -0.25) is 9.36 Å². The van der Waals surface area contributed by atoms with E-state index in [0.29, 0.717) is 18.2 Å². The lowest BCUT2D eigenvalue weighted by molar-refractivity contribution is -0.122. The van der Waals surface area contributed by atoms with Gasteiger partial charge in [0, 0.05) is 24.6 Å². The molecule has 0 radical (unpaired) electrons. The first-order valence-corrected chi connectivity index (χ1v) is 11.1. The molecule has 5 rings (SSSR count). The van der Waals surface area contributed by atoms with E-state index in [0.717, 1.165) is 33.5 Å². The monoisotopic (exact) mass is 448 g/mol. The zero-order chi connectivity index (χ0) is 23.5. The van der Waals surface area contributed by atoms with Crippen LogP contribution in [0.1, 0.15) is 24.0 Å². The van der Waals surface area contributed by atoms with Crippen LogP contribution in [0.4, 0.5) is 5.82 Å². The predicted molar refractivity (Wildman–Crippen MR) is 133 cm³/mol. The highest BCUT2D eigenvalue weighted by Gasteiger charge is 2.18. The van der Waals surface area contributed by atoms with Crippen molar-refractivity contribution in [3.63, 3.8) is 0 Å². The molecule has 1 unspecified atom stereocenters. The normalized spacial score (nSPS) is 11.9. The number of fused-ring (bicyclic) bond motifs is 1. The first kappa shape index (κ1) is 21.3. The van der Waals surface area contributed by atoms with E-state index in [2.05, 4.69) is 15.3 Å². The molecule has 3 aromatic heterocycles. The van der Waals surface area contributed by atoms with E-state index in [9.17, 15) is 4.79 Å². The summed E-state index contributed by atoms with van der Waals surface area (Å²) in [7, 11) is 0. The number of hydrogen-bond acceptors (Lipinski definition) is 5. The maximum absolute atomic E-state index is 12.6. The molecular formula is C27H24N6O. The third-order valence-electron chi connectivity index (χ3n) is 5.85. The number of nitrogen functional groups attached to an aromatic ring is 1. The van der Waals surface area contributed by atoms with E-state index in [1.54, 1.807) is 12.4 Å². The number of carbonyl (C=O) groups excluding carboxylic acids is 1. The average Bonchev–Trinajstić information content (AvgIpc) is 3.27. The van der Waals surface area contributed by atoms with Crippen molar-refractivity contribution in [1.29, 1.82) is 0 Å². The quantitative estimate of drug-likeness (QED) is 0.399. The second-order valence-corrected chi connectivity index (χ2v) is 8.07. The van der Waals surface area contributed by atoms with Crippen molar-refractivity contribution >= 4 is 22.9 Å². The molecule has 0 bridgehead atoms. The van der Waals surface area contributed by atoms with Crippen molar-refractivity contribution < 1.29 is 4.79 Å². The fraction of sp³-hybridized carbons (Fsp3) is 0.111. The number of imidazole rings is 1. The lowest BCUT2D eigenvalue weighted by atomic mass is 10.0. The smallest absolute Gasteiger partial charge is 0.227 e. The Balaban J connectivity index is 1.41. The average molecular weight is 449 g/mol. The fourth-order valence-electron chi connectivity index (χ4n) is 3.94. The Hall–Kier alpha value is -4.52. The lowest BCUT2D eigenvalue weighted by Gasteiger charge is -2.13. The van der Waals surface area contributed by atoms with E-state index in [4.69, 9.17) is 10.7 Å². The fourth-order valence-corrected chi connectivity index (χ4v) is 3.94. The maximum Gasteiger partial charge on any atom is 0.227 e. The number of pyridine rings is 2. The molecule has 5 aromatic rings. The van der Waals surface area contributed by atoms with E-state index in [1.807, 2.05) is 90.4 Å². The highest BCUT2D eigenvalue weighted by Crippen LogP contribution is 2.30. The molecule has 1 amide bonds. The lowest BCUT2D eigenvalue weighted by Crippen LogP contribution is -2.27. The summed E-state index contributed by atoms with van der Waals surface area (Å²) in [4.78, 5) is 26.1. The molecule has 1 atom stereocenters. The highest BCUT2D eigenvalue weighted by atomic mass is 16.1. The van der Waals surface area contributed by atoms with Crippen molar-refractivity contribution in [2.45, 2.75) is 19.4 Å². The van der Waals surface area contributed by atoms with Crippen molar-refractivity contribution in [2.75, 3.05) is 5.73 Å². The number of rotatable bonds is 6. The zero-order valence-electron chi connectivity index (χ0n) is 18.7. The van der Waals surface area contributed by atoms with Gasteiger partial charge in [0.2, 0.25) is 5.91 Å². The second-order valence-electron chi connectivity index (χ2n) is 8.07. The summed E-state index contributed by atoms with van der Waals surface area (Å²) in [5.74, 6) is 0.869. The molecule has 7 nitrogen and oxygen atoms in total. The van der Waals surface area contributed by atoms with Crippen molar-refractivity contribution in [3.8, 4) is 17.1 Å². The minimum absolute atomic E-state index is 0.00517. The van der Waals surface area contributed by atoms with Gasteiger partial charge in [0.25, 0.3) is 0 Å². The van der Waals surface area contributed by atoms with Gasteiger partial charge in [-0.1, -0.05) is 42.5 Å². The SMILES string of the molecule is CC(C(=O)NCc1ccc(-n2c(-c3cccnc3N)nc3cccnc32)cc1)c1ccccc1. The van der Waals surface area contributed by atoms with Gasteiger partial charge in [0.1, 0.15) is 11.3 Å². The van der Waals surface area contributed by atoms with Crippen LogP contribution in [0.15, 0.2) is 91.3 Å².